The molecule has 0 aliphatic heterocycles. The number of aromatic nitrogens is 1. The molecule has 0 saturated carbocycles. The van der Waals surface area contributed by atoms with Gasteiger partial charge in [-0.1, -0.05) is 18.2 Å². The lowest BCUT2D eigenvalue weighted by molar-refractivity contribution is 0.197. The number of rotatable bonds is 0. The van der Waals surface area contributed by atoms with Gasteiger partial charge in [0.1, 0.15) is 0 Å². The van der Waals surface area contributed by atoms with Gasteiger partial charge in [-0.25, -0.2) is 4.79 Å². The van der Waals surface area contributed by atoms with Crippen LogP contribution in [0.2, 0.25) is 0 Å². The zero-order chi connectivity index (χ0) is 9.42. The van der Waals surface area contributed by atoms with E-state index in [4.69, 9.17) is 5.11 Å². The minimum atomic E-state index is -0.940. The molecule has 1 aromatic heterocycles. The molecule has 2 rings (SSSR count). The number of para-hydroxylation sites is 1. The first-order valence-electron chi connectivity index (χ1n) is 4.00. The van der Waals surface area contributed by atoms with Crippen molar-refractivity contribution < 1.29 is 9.90 Å². The minimum absolute atomic E-state index is 0.743. The summed E-state index contributed by atoms with van der Waals surface area (Å²) in [6, 6.07) is 7.46. The third-order valence-corrected chi connectivity index (χ3v) is 2.12. The third-order valence-electron chi connectivity index (χ3n) is 2.12. The highest BCUT2D eigenvalue weighted by molar-refractivity contribution is 5.91. The van der Waals surface area contributed by atoms with E-state index in [9.17, 15) is 4.79 Å². The van der Waals surface area contributed by atoms with E-state index < -0.39 is 6.09 Å². The summed E-state index contributed by atoms with van der Waals surface area (Å²) in [6.45, 7) is 1.90. The van der Waals surface area contributed by atoms with Crippen LogP contribution in [0.3, 0.4) is 0 Å². The molecular weight excluding hydrogens is 166 g/mol. The largest absolute Gasteiger partial charge is 0.464 e. The Balaban J connectivity index is 2.85. The fraction of sp³-hybridized carbons (Fsp3) is 0.100. The second-order valence-electron chi connectivity index (χ2n) is 2.98. The van der Waals surface area contributed by atoms with Crippen molar-refractivity contribution in [1.29, 1.82) is 0 Å². The first-order valence-corrected chi connectivity index (χ1v) is 4.00. The normalized spacial score (nSPS) is 10.5. The van der Waals surface area contributed by atoms with Gasteiger partial charge in [-0.2, -0.15) is 0 Å². The van der Waals surface area contributed by atoms with E-state index in [0.29, 0.717) is 0 Å². The van der Waals surface area contributed by atoms with E-state index in [1.807, 2.05) is 25.1 Å². The van der Waals surface area contributed by atoms with E-state index >= 15 is 0 Å². The number of carbonyl (C=O) groups is 1. The van der Waals surface area contributed by atoms with E-state index in [0.717, 1.165) is 16.5 Å². The molecular formula is C10H9NO2. The minimum Gasteiger partial charge on any atom is -0.464 e. The van der Waals surface area contributed by atoms with Gasteiger partial charge in [0.15, 0.2) is 0 Å². The predicted molar refractivity (Wildman–Crippen MR) is 50.1 cm³/mol. The van der Waals surface area contributed by atoms with Crippen LogP contribution >= 0.6 is 0 Å². The fourth-order valence-corrected chi connectivity index (χ4v) is 1.51. The summed E-state index contributed by atoms with van der Waals surface area (Å²) in [5.41, 5.74) is 1.73. The second-order valence-corrected chi connectivity index (χ2v) is 2.98. The molecule has 0 aliphatic carbocycles. The summed E-state index contributed by atoms with van der Waals surface area (Å²) >= 11 is 0. The fourth-order valence-electron chi connectivity index (χ4n) is 1.51. The Kier molecular flexibility index (Phi) is 1.59. The SMILES string of the molecule is Cc1cn(C(=O)O)c2ccccc12. The molecule has 1 heterocycles. The lowest BCUT2D eigenvalue weighted by atomic mass is 10.2. The van der Waals surface area contributed by atoms with Crippen LogP contribution in [0.4, 0.5) is 4.79 Å². The van der Waals surface area contributed by atoms with Gasteiger partial charge in [0.2, 0.25) is 0 Å². The number of benzene rings is 1. The van der Waals surface area contributed by atoms with Crippen LogP contribution in [-0.4, -0.2) is 15.8 Å². The number of nitrogens with zero attached hydrogens (tertiary/aromatic N) is 1. The zero-order valence-electron chi connectivity index (χ0n) is 7.19. The molecule has 13 heavy (non-hydrogen) atoms. The van der Waals surface area contributed by atoms with E-state index in [1.165, 1.54) is 4.57 Å². The van der Waals surface area contributed by atoms with Gasteiger partial charge in [-0.15, -0.1) is 0 Å². The summed E-state index contributed by atoms with van der Waals surface area (Å²) in [4.78, 5) is 10.8. The summed E-state index contributed by atoms with van der Waals surface area (Å²) in [5.74, 6) is 0. The van der Waals surface area contributed by atoms with E-state index in [-0.39, 0.29) is 0 Å². The molecule has 0 unspecified atom stereocenters. The van der Waals surface area contributed by atoms with E-state index in [1.54, 1.807) is 12.3 Å². The van der Waals surface area contributed by atoms with Crippen LogP contribution in [0.1, 0.15) is 5.56 Å². The van der Waals surface area contributed by atoms with Crippen LogP contribution in [0.5, 0.6) is 0 Å². The smallest absolute Gasteiger partial charge is 0.416 e. The van der Waals surface area contributed by atoms with Gasteiger partial charge in [-0.3, -0.25) is 4.57 Å². The van der Waals surface area contributed by atoms with Crippen molar-refractivity contribution in [2.75, 3.05) is 0 Å². The standard InChI is InChI=1S/C10H9NO2/c1-7-6-11(10(12)13)9-5-3-2-4-8(7)9/h2-6H,1H3,(H,12,13). The van der Waals surface area contributed by atoms with Crippen molar-refractivity contribution in [3.05, 3.63) is 36.0 Å². The summed E-state index contributed by atoms with van der Waals surface area (Å²) in [6.07, 6.45) is 0.691. The maximum Gasteiger partial charge on any atom is 0.416 e. The van der Waals surface area contributed by atoms with Gasteiger partial charge >= 0.3 is 6.09 Å². The molecule has 0 fully saturated rings. The summed E-state index contributed by atoms with van der Waals surface area (Å²) in [5, 5.41) is 9.85. The van der Waals surface area contributed by atoms with Gasteiger partial charge in [-0.05, 0) is 18.6 Å². The predicted octanol–water partition coefficient (Wildman–Crippen LogP) is 2.48. The van der Waals surface area contributed by atoms with Crippen LogP contribution in [-0.2, 0) is 0 Å². The van der Waals surface area contributed by atoms with Gasteiger partial charge in [0, 0.05) is 11.6 Å². The van der Waals surface area contributed by atoms with Crippen LogP contribution in [0.25, 0.3) is 10.9 Å². The zero-order valence-corrected chi connectivity index (χ0v) is 7.19. The molecule has 3 heteroatoms. The molecule has 0 amide bonds. The Morgan fingerprint density at radius 3 is 2.77 bits per heavy atom. The Hall–Kier alpha value is -1.77. The van der Waals surface area contributed by atoms with Crippen LogP contribution in [0.15, 0.2) is 30.5 Å². The third kappa shape index (κ3) is 1.09. The molecule has 3 nitrogen and oxygen atoms in total. The maximum absolute atomic E-state index is 10.8. The monoisotopic (exact) mass is 175 g/mol. The topological polar surface area (TPSA) is 42.2 Å². The number of hydrogen-bond donors (Lipinski definition) is 1. The van der Waals surface area contributed by atoms with Crippen molar-refractivity contribution in [3.8, 4) is 0 Å². The number of hydrogen-bond acceptors (Lipinski definition) is 1. The Morgan fingerprint density at radius 2 is 2.08 bits per heavy atom. The molecule has 0 spiro atoms. The Bertz CT molecular complexity index is 471. The molecule has 0 radical (unpaired) electrons. The van der Waals surface area contributed by atoms with Crippen molar-refractivity contribution in [1.82, 2.24) is 4.57 Å². The lowest BCUT2D eigenvalue weighted by Crippen LogP contribution is -2.05. The number of aryl methyl sites for hydroxylation is 1. The first-order chi connectivity index (χ1) is 6.20. The quantitative estimate of drug-likeness (QED) is 0.668. The highest BCUT2D eigenvalue weighted by Gasteiger charge is 2.08. The highest BCUT2D eigenvalue weighted by Crippen LogP contribution is 2.19. The molecule has 0 atom stereocenters. The average Bonchev–Trinajstić information content (AvgIpc) is 2.45. The van der Waals surface area contributed by atoms with E-state index in [2.05, 4.69) is 0 Å². The first kappa shape index (κ1) is 7.86. The Labute approximate surface area is 75.2 Å². The highest BCUT2D eigenvalue weighted by atomic mass is 16.4. The van der Waals surface area contributed by atoms with Crippen LogP contribution in [0, 0.1) is 6.92 Å². The second kappa shape index (κ2) is 2.62. The van der Waals surface area contributed by atoms with Crippen molar-refractivity contribution >= 4 is 17.0 Å². The van der Waals surface area contributed by atoms with Gasteiger partial charge < -0.3 is 5.11 Å². The molecule has 0 bridgehead atoms. The lowest BCUT2D eigenvalue weighted by Gasteiger charge is -1.95. The molecule has 1 aromatic carbocycles. The molecule has 1 N–H and O–H groups in total. The number of carboxylic acid groups (broad SMARTS) is 1. The van der Waals surface area contributed by atoms with Crippen molar-refractivity contribution in [2.45, 2.75) is 6.92 Å². The molecule has 2 aromatic rings. The maximum atomic E-state index is 10.8. The molecule has 66 valence electrons. The Morgan fingerprint density at radius 1 is 1.38 bits per heavy atom. The van der Waals surface area contributed by atoms with Crippen molar-refractivity contribution in [3.63, 3.8) is 0 Å². The van der Waals surface area contributed by atoms with Crippen LogP contribution < -0.4 is 0 Å². The van der Waals surface area contributed by atoms with Crippen molar-refractivity contribution in [2.24, 2.45) is 0 Å². The molecule has 0 aliphatic rings. The van der Waals surface area contributed by atoms with Gasteiger partial charge in [0.25, 0.3) is 0 Å². The van der Waals surface area contributed by atoms with Gasteiger partial charge in [0.05, 0.1) is 5.52 Å². The number of fused-ring (bicyclic) bond motifs is 1. The summed E-state index contributed by atoms with van der Waals surface area (Å²) < 4.78 is 1.24. The molecule has 0 saturated heterocycles. The summed E-state index contributed by atoms with van der Waals surface area (Å²) in [7, 11) is 0. The average molecular weight is 175 g/mol.